The predicted molar refractivity (Wildman–Crippen MR) is 74.1 cm³/mol. The number of nitrogens with one attached hydrogen (secondary N) is 1. The Labute approximate surface area is 115 Å². The average molecular weight is 321 g/mol. The summed E-state index contributed by atoms with van der Waals surface area (Å²) in [6.07, 6.45) is 2.94. The van der Waals surface area contributed by atoms with Gasteiger partial charge in [0.2, 0.25) is 10.0 Å². The summed E-state index contributed by atoms with van der Waals surface area (Å²) in [5, 5.41) is 0. The molecule has 1 aliphatic rings. The van der Waals surface area contributed by atoms with Crippen LogP contribution < -0.4 is 10.5 Å². The van der Waals surface area contributed by atoms with Gasteiger partial charge in [-0.3, -0.25) is 0 Å². The molecule has 0 radical (unpaired) electrons. The van der Waals surface area contributed by atoms with Gasteiger partial charge < -0.3 is 5.73 Å². The molecule has 110 valence electrons. The topological polar surface area (TPSA) is 106 Å². The van der Waals surface area contributed by atoms with Crippen molar-refractivity contribution in [1.82, 2.24) is 4.72 Å². The van der Waals surface area contributed by atoms with E-state index in [2.05, 4.69) is 4.72 Å². The summed E-state index contributed by atoms with van der Waals surface area (Å²) in [7, 11) is -6.87. The summed E-state index contributed by atoms with van der Waals surface area (Å²) in [5.41, 5.74) is 4.95. The van der Waals surface area contributed by atoms with Crippen LogP contribution in [0.1, 0.15) is 19.8 Å². The van der Waals surface area contributed by atoms with Crippen LogP contribution in [0.15, 0.2) is 0 Å². The standard InChI is InChI=1S/C9H20N2O4S2.ClH/c1-9(7-10,8-3-4-8)11-17(14,15)6-5-16(2,12)13;/h8,11H,3-7,10H2,1-2H3;1H. The monoisotopic (exact) mass is 320 g/mol. The Hall–Kier alpha value is 0.110. The minimum atomic E-state index is -3.60. The van der Waals surface area contributed by atoms with E-state index in [9.17, 15) is 16.8 Å². The highest BCUT2D eigenvalue weighted by atomic mass is 35.5. The van der Waals surface area contributed by atoms with Gasteiger partial charge in [-0.15, -0.1) is 12.4 Å². The fourth-order valence-electron chi connectivity index (χ4n) is 1.68. The molecule has 1 aliphatic carbocycles. The van der Waals surface area contributed by atoms with Crippen molar-refractivity contribution in [1.29, 1.82) is 0 Å². The average Bonchev–Trinajstić information content (AvgIpc) is 2.96. The summed E-state index contributed by atoms with van der Waals surface area (Å²) >= 11 is 0. The van der Waals surface area contributed by atoms with Crippen LogP contribution in [0.5, 0.6) is 0 Å². The molecule has 3 N–H and O–H groups in total. The van der Waals surface area contributed by atoms with Gasteiger partial charge in [0.1, 0.15) is 9.84 Å². The normalized spacial score (nSPS) is 19.9. The van der Waals surface area contributed by atoms with Crippen molar-refractivity contribution in [3.05, 3.63) is 0 Å². The van der Waals surface area contributed by atoms with E-state index in [0.717, 1.165) is 19.1 Å². The van der Waals surface area contributed by atoms with Crippen LogP contribution in [0, 0.1) is 5.92 Å². The van der Waals surface area contributed by atoms with Crippen molar-refractivity contribution < 1.29 is 16.8 Å². The molecule has 1 unspecified atom stereocenters. The fraction of sp³-hybridized carbons (Fsp3) is 1.00. The van der Waals surface area contributed by atoms with Crippen LogP contribution in [-0.4, -0.2) is 46.7 Å². The molecular formula is C9H21ClN2O4S2. The van der Waals surface area contributed by atoms with Gasteiger partial charge in [0.25, 0.3) is 0 Å². The Bertz CT molecular complexity index is 473. The Morgan fingerprint density at radius 2 is 1.72 bits per heavy atom. The van der Waals surface area contributed by atoms with Gasteiger partial charge in [-0.05, 0) is 25.7 Å². The van der Waals surface area contributed by atoms with E-state index >= 15 is 0 Å². The molecule has 0 aromatic heterocycles. The third-order valence-electron chi connectivity index (χ3n) is 3.01. The second-order valence-corrected chi connectivity index (χ2v) is 9.05. The number of hydrogen-bond acceptors (Lipinski definition) is 5. The molecule has 18 heavy (non-hydrogen) atoms. The molecule has 1 rings (SSSR count). The van der Waals surface area contributed by atoms with Crippen LogP contribution in [0.2, 0.25) is 0 Å². The van der Waals surface area contributed by atoms with Crippen molar-refractivity contribution in [3.63, 3.8) is 0 Å². The number of sulfone groups is 1. The first-order chi connectivity index (χ1) is 7.58. The van der Waals surface area contributed by atoms with E-state index < -0.39 is 31.2 Å². The summed E-state index contributed by atoms with van der Waals surface area (Å²) in [4.78, 5) is 0. The van der Waals surface area contributed by atoms with Crippen molar-refractivity contribution in [2.75, 3.05) is 24.3 Å². The lowest BCUT2D eigenvalue weighted by atomic mass is 9.98. The molecule has 0 aromatic rings. The van der Waals surface area contributed by atoms with Crippen LogP contribution in [0.25, 0.3) is 0 Å². The Morgan fingerprint density at radius 1 is 1.22 bits per heavy atom. The maximum atomic E-state index is 11.8. The van der Waals surface area contributed by atoms with Crippen LogP contribution in [0.4, 0.5) is 0 Å². The molecule has 0 aliphatic heterocycles. The number of rotatable bonds is 7. The van der Waals surface area contributed by atoms with E-state index in [-0.39, 0.29) is 30.6 Å². The Kier molecular flexibility index (Phi) is 6.08. The smallest absolute Gasteiger partial charge is 0.213 e. The lowest BCUT2D eigenvalue weighted by Gasteiger charge is -2.29. The summed E-state index contributed by atoms with van der Waals surface area (Å²) in [5.74, 6) is -0.512. The van der Waals surface area contributed by atoms with E-state index in [1.807, 2.05) is 0 Å². The zero-order valence-electron chi connectivity index (χ0n) is 10.5. The van der Waals surface area contributed by atoms with Gasteiger partial charge in [-0.1, -0.05) is 0 Å². The SMILES string of the molecule is CC(CN)(NS(=O)(=O)CCS(C)(=O)=O)C1CC1.Cl. The summed E-state index contributed by atoms with van der Waals surface area (Å²) < 4.78 is 47.9. The van der Waals surface area contributed by atoms with Gasteiger partial charge in [0.15, 0.2) is 0 Å². The minimum absolute atomic E-state index is 0. The first kappa shape index (κ1) is 18.1. The maximum absolute atomic E-state index is 11.8. The van der Waals surface area contributed by atoms with Crippen molar-refractivity contribution in [2.45, 2.75) is 25.3 Å². The van der Waals surface area contributed by atoms with Crippen molar-refractivity contribution in [3.8, 4) is 0 Å². The molecule has 1 atom stereocenters. The molecule has 0 aromatic carbocycles. The molecule has 1 saturated carbocycles. The van der Waals surface area contributed by atoms with E-state index in [1.54, 1.807) is 6.92 Å². The Balaban J connectivity index is 0.00000289. The van der Waals surface area contributed by atoms with E-state index in [0.29, 0.717) is 0 Å². The molecule has 1 fully saturated rings. The molecule has 0 spiro atoms. The third kappa shape index (κ3) is 5.83. The predicted octanol–water partition coefficient (Wildman–Crippen LogP) is -0.500. The number of hydrogen-bond donors (Lipinski definition) is 2. The molecule has 0 bridgehead atoms. The molecule has 0 heterocycles. The number of sulfonamides is 1. The fourth-order valence-corrected chi connectivity index (χ4v) is 4.83. The van der Waals surface area contributed by atoms with Gasteiger partial charge in [0.05, 0.1) is 11.5 Å². The van der Waals surface area contributed by atoms with Crippen molar-refractivity contribution in [2.24, 2.45) is 11.7 Å². The first-order valence-electron chi connectivity index (χ1n) is 5.47. The second-order valence-electron chi connectivity index (χ2n) is 4.95. The highest BCUT2D eigenvalue weighted by Crippen LogP contribution is 2.39. The first-order valence-corrected chi connectivity index (χ1v) is 9.19. The lowest BCUT2D eigenvalue weighted by molar-refractivity contribution is 0.374. The zero-order valence-corrected chi connectivity index (χ0v) is 13.0. The van der Waals surface area contributed by atoms with Gasteiger partial charge in [-0.2, -0.15) is 0 Å². The molecular weight excluding hydrogens is 300 g/mol. The molecule has 0 saturated heterocycles. The van der Waals surface area contributed by atoms with Crippen LogP contribution >= 0.6 is 12.4 Å². The van der Waals surface area contributed by atoms with E-state index in [4.69, 9.17) is 5.73 Å². The second kappa shape index (κ2) is 6.04. The summed E-state index contributed by atoms with van der Waals surface area (Å²) in [6, 6.07) is 0. The van der Waals surface area contributed by atoms with Crippen molar-refractivity contribution >= 4 is 32.3 Å². The molecule has 6 nitrogen and oxygen atoms in total. The highest BCUT2D eigenvalue weighted by molar-refractivity contribution is 7.93. The number of halogens is 1. The zero-order chi connectivity index (χ0) is 13.3. The van der Waals surface area contributed by atoms with Gasteiger partial charge in [-0.25, -0.2) is 21.6 Å². The third-order valence-corrected chi connectivity index (χ3v) is 5.74. The van der Waals surface area contributed by atoms with Crippen LogP contribution in [0.3, 0.4) is 0 Å². The summed E-state index contributed by atoms with van der Waals surface area (Å²) in [6.45, 7) is 1.98. The van der Waals surface area contributed by atoms with Crippen LogP contribution in [-0.2, 0) is 19.9 Å². The highest BCUT2D eigenvalue weighted by Gasteiger charge is 2.42. The largest absolute Gasteiger partial charge is 0.329 e. The molecule has 9 heteroatoms. The van der Waals surface area contributed by atoms with E-state index in [1.165, 1.54) is 0 Å². The quantitative estimate of drug-likeness (QED) is 0.657. The molecule has 0 amide bonds. The number of nitrogens with two attached hydrogens (primary N) is 1. The minimum Gasteiger partial charge on any atom is -0.329 e. The maximum Gasteiger partial charge on any atom is 0.213 e. The van der Waals surface area contributed by atoms with Gasteiger partial charge >= 0.3 is 0 Å². The Morgan fingerprint density at radius 3 is 2.06 bits per heavy atom. The van der Waals surface area contributed by atoms with Gasteiger partial charge in [0, 0.05) is 18.3 Å². The lowest BCUT2D eigenvalue weighted by Crippen LogP contribution is -2.53.